The van der Waals surface area contributed by atoms with E-state index in [9.17, 15) is 18.0 Å². The van der Waals surface area contributed by atoms with Gasteiger partial charge in [-0.2, -0.15) is 0 Å². The number of halogens is 1. The number of unbranched alkanes of at least 4 members (excludes halogenated alkanes) is 1. The summed E-state index contributed by atoms with van der Waals surface area (Å²) >= 11 is 3.41. The van der Waals surface area contributed by atoms with Crippen LogP contribution in [0, 0.1) is 0 Å². The predicted octanol–water partition coefficient (Wildman–Crippen LogP) is 5.13. The normalized spacial score (nSPS) is 11.9. The second-order valence-corrected chi connectivity index (χ2v) is 12.3. The number of hydrogen-bond donors (Lipinski definition) is 1. The van der Waals surface area contributed by atoms with Crippen molar-refractivity contribution in [2.24, 2.45) is 0 Å². The minimum atomic E-state index is -3.82. The van der Waals surface area contributed by atoms with Gasteiger partial charge in [-0.15, -0.1) is 0 Å². The molecule has 3 aromatic rings. The molecule has 0 aromatic heterocycles. The number of nitrogens with zero attached hydrogens (tertiary/aromatic N) is 2. The lowest BCUT2D eigenvalue weighted by Crippen LogP contribution is -2.51. The van der Waals surface area contributed by atoms with E-state index in [0.717, 1.165) is 39.0 Å². The van der Waals surface area contributed by atoms with Crippen LogP contribution in [0.2, 0.25) is 0 Å². The molecule has 214 valence electrons. The van der Waals surface area contributed by atoms with Crippen LogP contribution in [-0.4, -0.2) is 50.5 Å². The maximum atomic E-state index is 13.7. The first kappa shape index (κ1) is 31.2. The van der Waals surface area contributed by atoms with Gasteiger partial charge >= 0.3 is 0 Å². The molecule has 3 rings (SSSR count). The summed E-state index contributed by atoms with van der Waals surface area (Å²) < 4.78 is 33.3. The highest BCUT2D eigenvalue weighted by Gasteiger charge is 2.30. The molecule has 0 aliphatic heterocycles. The molecule has 0 spiro atoms. The molecular formula is C30H36BrN3O5S. The third kappa shape index (κ3) is 9.38. The first-order chi connectivity index (χ1) is 19.1. The second-order valence-electron chi connectivity index (χ2n) is 9.51. The fourth-order valence-corrected chi connectivity index (χ4v) is 5.08. The molecule has 8 nitrogen and oxygen atoms in total. The van der Waals surface area contributed by atoms with Crippen molar-refractivity contribution in [1.29, 1.82) is 0 Å². The Labute approximate surface area is 245 Å². The molecule has 1 N–H and O–H groups in total. The number of amides is 2. The molecule has 0 heterocycles. The second kappa shape index (κ2) is 14.9. The van der Waals surface area contributed by atoms with Gasteiger partial charge in [0.05, 0.1) is 11.9 Å². The number of carbonyl (C=O) groups is 2. The van der Waals surface area contributed by atoms with Crippen LogP contribution in [0.3, 0.4) is 0 Å². The summed E-state index contributed by atoms with van der Waals surface area (Å²) in [5, 5.41) is 2.87. The topological polar surface area (TPSA) is 96.0 Å². The molecule has 0 aliphatic carbocycles. The quantitative estimate of drug-likeness (QED) is 0.250. The van der Waals surface area contributed by atoms with Crippen LogP contribution in [0.15, 0.2) is 83.3 Å². The first-order valence-electron chi connectivity index (χ1n) is 13.1. The summed E-state index contributed by atoms with van der Waals surface area (Å²) in [5.41, 5.74) is 2.15. The minimum Gasteiger partial charge on any atom is -0.489 e. The van der Waals surface area contributed by atoms with Gasteiger partial charge in [0.1, 0.15) is 24.9 Å². The Hall–Kier alpha value is -3.37. The third-order valence-corrected chi connectivity index (χ3v) is 7.98. The van der Waals surface area contributed by atoms with E-state index in [1.165, 1.54) is 4.90 Å². The maximum Gasteiger partial charge on any atom is 0.244 e. The van der Waals surface area contributed by atoms with Crippen LogP contribution in [0.4, 0.5) is 5.69 Å². The molecule has 3 aromatic carbocycles. The number of hydrogen-bond acceptors (Lipinski definition) is 5. The van der Waals surface area contributed by atoms with Crippen LogP contribution in [0.25, 0.3) is 0 Å². The van der Waals surface area contributed by atoms with Gasteiger partial charge in [0.2, 0.25) is 21.8 Å². The van der Waals surface area contributed by atoms with E-state index in [0.29, 0.717) is 24.6 Å². The Morgan fingerprint density at radius 3 is 2.20 bits per heavy atom. The zero-order chi connectivity index (χ0) is 29.1. The summed E-state index contributed by atoms with van der Waals surface area (Å²) in [6.07, 6.45) is 2.81. The number of benzene rings is 3. The van der Waals surface area contributed by atoms with Gasteiger partial charge in [-0.3, -0.25) is 13.9 Å². The Balaban J connectivity index is 1.79. The van der Waals surface area contributed by atoms with Gasteiger partial charge in [0.25, 0.3) is 0 Å². The van der Waals surface area contributed by atoms with Crippen molar-refractivity contribution in [2.45, 2.75) is 45.9 Å². The number of carbonyl (C=O) groups excluding carboxylic acids is 2. The molecule has 40 heavy (non-hydrogen) atoms. The van der Waals surface area contributed by atoms with Crippen LogP contribution >= 0.6 is 15.9 Å². The summed E-state index contributed by atoms with van der Waals surface area (Å²) in [5.74, 6) is -0.206. The van der Waals surface area contributed by atoms with E-state index in [-0.39, 0.29) is 12.5 Å². The monoisotopic (exact) mass is 629 g/mol. The number of rotatable bonds is 14. The lowest BCUT2D eigenvalue weighted by Gasteiger charge is -2.31. The molecule has 0 bridgehead atoms. The zero-order valence-corrected chi connectivity index (χ0v) is 25.4. The fraction of sp³-hybridized carbons (Fsp3) is 0.333. The van der Waals surface area contributed by atoms with Gasteiger partial charge in [0.15, 0.2) is 0 Å². The van der Waals surface area contributed by atoms with Crippen molar-refractivity contribution in [3.8, 4) is 5.75 Å². The molecule has 10 heteroatoms. The molecule has 0 fully saturated rings. The lowest BCUT2D eigenvalue weighted by atomic mass is 10.1. The molecule has 0 unspecified atom stereocenters. The molecule has 0 radical (unpaired) electrons. The molecule has 2 amide bonds. The van der Waals surface area contributed by atoms with Crippen LogP contribution in [-0.2, 0) is 32.8 Å². The predicted molar refractivity (Wildman–Crippen MR) is 161 cm³/mol. The Bertz CT molecular complexity index is 1350. The molecule has 0 saturated heterocycles. The largest absolute Gasteiger partial charge is 0.489 e. The molecule has 1 atom stereocenters. The highest BCUT2D eigenvalue weighted by Crippen LogP contribution is 2.23. The van der Waals surface area contributed by atoms with Crippen molar-refractivity contribution in [3.05, 3.63) is 94.5 Å². The van der Waals surface area contributed by atoms with Crippen LogP contribution in [0.5, 0.6) is 5.75 Å². The number of nitrogens with one attached hydrogen (secondary N) is 1. The van der Waals surface area contributed by atoms with Crippen molar-refractivity contribution in [1.82, 2.24) is 10.2 Å². The summed E-state index contributed by atoms with van der Waals surface area (Å²) in [6, 6.07) is 22.9. The van der Waals surface area contributed by atoms with Crippen molar-refractivity contribution in [2.75, 3.05) is 23.7 Å². The van der Waals surface area contributed by atoms with Gasteiger partial charge < -0.3 is 15.0 Å². The highest BCUT2D eigenvalue weighted by atomic mass is 79.9. The van der Waals surface area contributed by atoms with E-state index in [2.05, 4.69) is 21.2 Å². The Morgan fingerprint density at radius 2 is 1.60 bits per heavy atom. The average molecular weight is 631 g/mol. The van der Waals surface area contributed by atoms with E-state index in [1.807, 2.05) is 61.5 Å². The summed E-state index contributed by atoms with van der Waals surface area (Å²) in [6.45, 7) is 4.26. The summed E-state index contributed by atoms with van der Waals surface area (Å²) in [4.78, 5) is 28.0. The number of anilines is 1. The molecular weight excluding hydrogens is 594 g/mol. The van der Waals surface area contributed by atoms with Crippen molar-refractivity contribution >= 4 is 43.5 Å². The number of sulfonamides is 1. The smallest absolute Gasteiger partial charge is 0.244 e. The fourth-order valence-electron chi connectivity index (χ4n) is 3.97. The van der Waals surface area contributed by atoms with Gasteiger partial charge in [0, 0.05) is 17.6 Å². The van der Waals surface area contributed by atoms with E-state index in [1.54, 1.807) is 31.2 Å². The van der Waals surface area contributed by atoms with E-state index < -0.39 is 28.5 Å². The van der Waals surface area contributed by atoms with Crippen LogP contribution < -0.4 is 14.4 Å². The lowest BCUT2D eigenvalue weighted by molar-refractivity contribution is -0.139. The summed E-state index contributed by atoms with van der Waals surface area (Å²) in [7, 11) is -3.82. The Morgan fingerprint density at radius 1 is 0.950 bits per heavy atom. The average Bonchev–Trinajstić information content (AvgIpc) is 2.94. The van der Waals surface area contributed by atoms with Crippen molar-refractivity contribution < 1.29 is 22.7 Å². The Kier molecular flexibility index (Phi) is 11.6. The third-order valence-electron chi connectivity index (χ3n) is 6.32. The molecule has 0 saturated carbocycles. The van der Waals surface area contributed by atoms with E-state index in [4.69, 9.17) is 4.74 Å². The van der Waals surface area contributed by atoms with Gasteiger partial charge in [-0.25, -0.2) is 8.42 Å². The highest BCUT2D eigenvalue weighted by molar-refractivity contribution is 9.10. The van der Waals surface area contributed by atoms with E-state index >= 15 is 0 Å². The van der Waals surface area contributed by atoms with Crippen molar-refractivity contribution in [3.63, 3.8) is 0 Å². The standard InChI is InChI=1S/C30H36BrN3O5S/c1-4-5-19-32-30(36)23(2)33(20-24-11-13-26(31)14-12-24)29(35)21-34(40(3,37)38)27-15-17-28(18-16-27)39-22-25-9-7-6-8-10-25/h6-18,23H,4-5,19-22H2,1-3H3,(H,32,36)/t23-/m1/s1. The minimum absolute atomic E-state index is 0.151. The maximum absolute atomic E-state index is 13.7. The van der Waals surface area contributed by atoms with Crippen LogP contribution in [0.1, 0.15) is 37.8 Å². The molecule has 0 aliphatic rings. The first-order valence-corrected chi connectivity index (χ1v) is 15.8. The number of ether oxygens (including phenoxy) is 1. The SMILES string of the molecule is CCCCNC(=O)[C@@H](C)N(Cc1ccc(Br)cc1)C(=O)CN(c1ccc(OCc2ccccc2)cc1)S(C)(=O)=O. The van der Waals surface area contributed by atoms with Gasteiger partial charge in [-0.1, -0.05) is 71.7 Å². The zero-order valence-electron chi connectivity index (χ0n) is 23.0. The van der Waals surface area contributed by atoms with Gasteiger partial charge in [-0.05, 0) is 60.9 Å².